The average Bonchev–Trinajstić information content (AvgIpc) is 2.33. The second-order valence-corrected chi connectivity index (χ2v) is 3.74. The van der Waals surface area contributed by atoms with E-state index in [0.29, 0.717) is 0 Å². The minimum absolute atomic E-state index is 0.0301. The maximum Gasteiger partial charge on any atom is 0.271 e. The van der Waals surface area contributed by atoms with Crippen molar-refractivity contribution in [1.82, 2.24) is 9.78 Å². The van der Waals surface area contributed by atoms with Gasteiger partial charge in [0.25, 0.3) is 5.56 Å². The molecule has 1 amide bonds. The van der Waals surface area contributed by atoms with Crippen molar-refractivity contribution in [1.29, 1.82) is 0 Å². The molecule has 0 spiro atoms. The van der Waals surface area contributed by atoms with Crippen LogP contribution < -0.4 is 11.3 Å². The normalized spacial score (nSPS) is 10.3. The number of carbonyl (C=O) groups is 1. The van der Waals surface area contributed by atoms with Gasteiger partial charge < -0.3 is 5.73 Å². The van der Waals surface area contributed by atoms with Gasteiger partial charge in [0.1, 0.15) is 5.82 Å². The molecule has 2 N–H and O–H groups in total. The number of nitrogens with zero attached hydrogens (tertiary/aromatic N) is 2. The van der Waals surface area contributed by atoms with Crippen molar-refractivity contribution in [3.8, 4) is 5.69 Å². The van der Waals surface area contributed by atoms with Gasteiger partial charge in [-0.2, -0.15) is 9.78 Å². The number of carbonyl (C=O) groups excluding carboxylic acids is 1. The van der Waals surface area contributed by atoms with Crippen LogP contribution in [0.15, 0.2) is 35.3 Å². The zero-order valence-corrected chi connectivity index (χ0v) is 9.55. The molecule has 0 aliphatic heterocycles. The van der Waals surface area contributed by atoms with Crippen LogP contribution in [0.4, 0.5) is 4.39 Å². The van der Waals surface area contributed by atoms with Gasteiger partial charge in [-0.25, -0.2) is 4.39 Å². The number of hydrogen-bond donors (Lipinski definition) is 1. The second kappa shape index (κ2) is 4.40. The van der Waals surface area contributed by atoms with Gasteiger partial charge in [-0.05, 0) is 24.6 Å². The first-order valence-corrected chi connectivity index (χ1v) is 5.15. The van der Waals surface area contributed by atoms with E-state index in [-0.39, 0.29) is 16.8 Å². The van der Waals surface area contributed by atoms with Crippen LogP contribution >= 0.6 is 0 Å². The Morgan fingerprint density at radius 2 is 2.17 bits per heavy atom. The summed E-state index contributed by atoms with van der Waals surface area (Å²) >= 11 is 0. The highest BCUT2D eigenvalue weighted by Gasteiger charge is 2.13. The van der Waals surface area contributed by atoms with Gasteiger partial charge in [0.05, 0.1) is 5.69 Å². The molecule has 0 unspecified atom stereocenters. The Morgan fingerprint density at radius 1 is 1.44 bits per heavy atom. The minimum Gasteiger partial charge on any atom is -0.366 e. The summed E-state index contributed by atoms with van der Waals surface area (Å²) in [5, 5.41) is 3.81. The molecule has 0 aliphatic rings. The minimum atomic E-state index is -0.753. The molecule has 2 aromatic rings. The smallest absolute Gasteiger partial charge is 0.271 e. The summed E-state index contributed by atoms with van der Waals surface area (Å²) in [5.74, 6) is -1.36. The van der Waals surface area contributed by atoms with Gasteiger partial charge in [0, 0.05) is 23.9 Å². The van der Waals surface area contributed by atoms with Crippen molar-refractivity contribution in [2.24, 2.45) is 5.73 Å². The lowest BCUT2D eigenvalue weighted by molar-refractivity contribution is 0.0999. The van der Waals surface area contributed by atoms with E-state index >= 15 is 0 Å². The number of aromatic nitrogens is 2. The molecule has 0 aliphatic carbocycles. The molecule has 0 bridgehead atoms. The largest absolute Gasteiger partial charge is 0.366 e. The molecule has 0 atom stereocenters. The van der Waals surface area contributed by atoms with Crippen LogP contribution in [0.5, 0.6) is 0 Å². The summed E-state index contributed by atoms with van der Waals surface area (Å²) < 4.78 is 14.7. The Labute approximate surface area is 102 Å². The van der Waals surface area contributed by atoms with E-state index in [2.05, 4.69) is 5.10 Å². The molecular formula is C12H10FN3O2. The molecule has 1 aromatic carbocycles. The fourth-order valence-electron chi connectivity index (χ4n) is 1.59. The van der Waals surface area contributed by atoms with Crippen molar-refractivity contribution in [2.45, 2.75) is 6.92 Å². The topological polar surface area (TPSA) is 78.0 Å². The first-order chi connectivity index (χ1) is 8.50. The SMILES string of the molecule is Cc1c(F)cc(-n2ncccc2=O)cc1C(N)=O. The first-order valence-electron chi connectivity index (χ1n) is 5.15. The van der Waals surface area contributed by atoms with E-state index < -0.39 is 17.3 Å². The maximum atomic E-state index is 13.7. The van der Waals surface area contributed by atoms with Gasteiger partial charge in [0.15, 0.2) is 0 Å². The van der Waals surface area contributed by atoms with E-state index in [1.807, 2.05) is 0 Å². The van der Waals surface area contributed by atoms with E-state index in [1.54, 1.807) is 0 Å². The van der Waals surface area contributed by atoms with Gasteiger partial charge in [0.2, 0.25) is 5.91 Å². The number of rotatable bonds is 2. The van der Waals surface area contributed by atoms with E-state index in [1.165, 1.54) is 31.3 Å². The Hall–Kier alpha value is -2.50. The summed E-state index contributed by atoms with van der Waals surface area (Å²) in [6.45, 7) is 1.44. The lowest BCUT2D eigenvalue weighted by Gasteiger charge is -2.08. The van der Waals surface area contributed by atoms with E-state index in [9.17, 15) is 14.0 Å². The van der Waals surface area contributed by atoms with Crippen LogP contribution in [0.2, 0.25) is 0 Å². The number of primary amides is 1. The summed E-state index contributed by atoms with van der Waals surface area (Å²) in [6.07, 6.45) is 1.39. The van der Waals surface area contributed by atoms with Crippen LogP contribution in [0.1, 0.15) is 15.9 Å². The summed E-state index contributed by atoms with van der Waals surface area (Å²) in [7, 11) is 0. The average molecular weight is 247 g/mol. The van der Waals surface area contributed by atoms with Crippen molar-refractivity contribution in [3.63, 3.8) is 0 Å². The third-order valence-electron chi connectivity index (χ3n) is 2.55. The van der Waals surface area contributed by atoms with Crippen LogP contribution in [-0.4, -0.2) is 15.7 Å². The number of nitrogens with two attached hydrogens (primary N) is 1. The molecular weight excluding hydrogens is 237 g/mol. The van der Waals surface area contributed by atoms with E-state index in [0.717, 1.165) is 10.7 Å². The molecule has 0 saturated carbocycles. The third-order valence-corrected chi connectivity index (χ3v) is 2.55. The zero-order valence-electron chi connectivity index (χ0n) is 9.55. The summed E-state index contributed by atoms with van der Waals surface area (Å²) in [5.41, 5.74) is 5.08. The highest BCUT2D eigenvalue weighted by atomic mass is 19.1. The molecule has 1 heterocycles. The van der Waals surface area contributed by atoms with Gasteiger partial charge in [-0.15, -0.1) is 0 Å². The van der Waals surface area contributed by atoms with Crippen molar-refractivity contribution < 1.29 is 9.18 Å². The number of benzene rings is 1. The standard InChI is InChI=1S/C12H10FN3O2/c1-7-9(12(14)18)5-8(6-10(7)13)16-11(17)3-2-4-15-16/h2-6H,1H3,(H2,14,18). The van der Waals surface area contributed by atoms with Crippen molar-refractivity contribution in [3.05, 3.63) is 57.8 Å². The lowest BCUT2D eigenvalue weighted by atomic mass is 10.1. The predicted octanol–water partition coefficient (Wildman–Crippen LogP) is 0.779. The number of halogens is 1. The fourth-order valence-corrected chi connectivity index (χ4v) is 1.59. The quantitative estimate of drug-likeness (QED) is 0.851. The van der Waals surface area contributed by atoms with Crippen LogP contribution in [0.25, 0.3) is 5.69 Å². The van der Waals surface area contributed by atoms with Crippen molar-refractivity contribution >= 4 is 5.91 Å². The van der Waals surface area contributed by atoms with Crippen molar-refractivity contribution in [2.75, 3.05) is 0 Å². The zero-order chi connectivity index (χ0) is 13.3. The van der Waals surface area contributed by atoms with Crippen LogP contribution in [0.3, 0.4) is 0 Å². The monoisotopic (exact) mass is 247 g/mol. The Bertz CT molecular complexity index is 679. The third kappa shape index (κ3) is 2.00. The van der Waals surface area contributed by atoms with Gasteiger partial charge in [-0.1, -0.05) is 0 Å². The molecule has 0 radical (unpaired) electrons. The highest BCUT2D eigenvalue weighted by Crippen LogP contribution is 2.16. The molecule has 92 valence electrons. The fraction of sp³-hybridized carbons (Fsp3) is 0.0833. The molecule has 0 fully saturated rings. The molecule has 5 nitrogen and oxygen atoms in total. The lowest BCUT2D eigenvalue weighted by Crippen LogP contribution is -2.21. The Morgan fingerprint density at radius 3 is 2.78 bits per heavy atom. The van der Waals surface area contributed by atoms with E-state index in [4.69, 9.17) is 5.73 Å². The van der Waals surface area contributed by atoms with Crippen LogP contribution in [0, 0.1) is 12.7 Å². The molecule has 6 heteroatoms. The number of hydrogen-bond acceptors (Lipinski definition) is 3. The molecule has 1 aromatic heterocycles. The Kier molecular flexibility index (Phi) is 2.93. The number of amides is 1. The van der Waals surface area contributed by atoms with Crippen LogP contribution in [-0.2, 0) is 0 Å². The van der Waals surface area contributed by atoms with Gasteiger partial charge >= 0.3 is 0 Å². The summed E-state index contributed by atoms with van der Waals surface area (Å²) in [4.78, 5) is 22.7. The predicted molar refractivity (Wildman–Crippen MR) is 63.0 cm³/mol. The first kappa shape index (κ1) is 12.0. The Balaban J connectivity index is 2.71. The van der Waals surface area contributed by atoms with Gasteiger partial charge in [-0.3, -0.25) is 9.59 Å². The summed E-state index contributed by atoms with van der Waals surface area (Å²) in [6, 6.07) is 5.23. The molecule has 2 rings (SSSR count). The molecule has 18 heavy (non-hydrogen) atoms. The molecule has 0 saturated heterocycles. The maximum absolute atomic E-state index is 13.7. The second-order valence-electron chi connectivity index (χ2n) is 3.74. The highest BCUT2D eigenvalue weighted by molar-refractivity contribution is 5.94.